The zero-order valence-corrected chi connectivity index (χ0v) is 9.87. The molecular formula is C7H15O10P. The van der Waals surface area contributed by atoms with Gasteiger partial charge in [-0.05, 0) is 0 Å². The SMILES string of the molecule is O=P(O)(O)OCC(O)C1O[C@H](O)C(O)C(O)C1O. The minimum absolute atomic E-state index is 0.887. The lowest BCUT2D eigenvalue weighted by molar-refractivity contribution is -0.298. The van der Waals surface area contributed by atoms with E-state index in [0.29, 0.717) is 0 Å². The number of ether oxygens (including phenoxy) is 1. The molecule has 1 saturated heterocycles. The van der Waals surface area contributed by atoms with E-state index >= 15 is 0 Å². The first kappa shape index (κ1) is 15.9. The Kier molecular flexibility index (Phi) is 5.21. The van der Waals surface area contributed by atoms with Gasteiger partial charge in [-0.1, -0.05) is 0 Å². The Bertz CT molecular complexity index is 317. The molecule has 0 aromatic heterocycles. The molecule has 5 unspecified atom stereocenters. The van der Waals surface area contributed by atoms with Gasteiger partial charge < -0.3 is 40.1 Å². The number of rotatable bonds is 4. The van der Waals surface area contributed by atoms with Crippen LogP contribution in [0.3, 0.4) is 0 Å². The van der Waals surface area contributed by atoms with Gasteiger partial charge in [0.05, 0.1) is 6.61 Å². The van der Waals surface area contributed by atoms with Gasteiger partial charge in [0, 0.05) is 0 Å². The van der Waals surface area contributed by atoms with Crippen LogP contribution in [0.15, 0.2) is 0 Å². The third-order valence-corrected chi connectivity index (χ3v) is 2.90. The van der Waals surface area contributed by atoms with Crippen molar-refractivity contribution in [2.45, 2.75) is 36.8 Å². The lowest BCUT2D eigenvalue weighted by Crippen LogP contribution is -2.61. The van der Waals surface area contributed by atoms with Crippen molar-refractivity contribution >= 4 is 7.82 Å². The number of phosphoric acid groups is 1. The first-order valence-electron chi connectivity index (χ1n) is 4.89. The minimum atomic E-state index is -4.80. The molecule has 0 radical (unpaired) electrons. The van der Waals surface area contributed by atoms with E-state index in [9.17, 15) is 19.9 Å². The summed E-state index contributed by atoms with van der Waals surface area (Å²) in [6, 6.07) is 0. The molecule has 0 aliphatic carbocycles. The average molecular weight is 290 g/mol. The Balaban J connectivity index is 2.62. The number of hydrogen-bond donors (Lipinski definition) is 7. The molecule has 1 heterocycles. The van der Waals surface area contributed by atoms with Gasteiger partial charge in [0.25, 0.3) is 0 Å². The van der Waals surface area contributed by atoms with Crippen LogP contribution in [0.4, 0.5) is 0 Å². The lowest BCUT2D eigenvalue weighted by Gasteiger charge is -2.40. The Morgan fingerprint density at radius 3 is 2.17 bits per heavy atom. The van der Waals surface area contributed by atoms with Crippen LogP contribution in [0, 0.1) is 0 Å². The second-order valence-corrected chi connectivity index (χ2v) is 5.06. The summed E-state index contributed by atoms with van der Waals surface area (Å²) in [5.41, 5.74) is 0. The molecule has 0 spiro atoms. The smallest absolute Gasteiger partial charge is 0.388 e. The van der Waals surface area contributed by atoms with Crippen LogP contribution in [-0.2, 0) is 13.8 Å². The summed E-state index contributed by atoms with van der Waals surface area (Å²) in [6.45, 7) is -0.887. The van der Waals surface area contributed by atoms with Crippen molar-refractivity contribution in [1.29, 1.82) is 0 Å². The summed E-state index contributed by atoms with van der Waals surface area (Å²) in [5.74, 6) is 0. The van der Waals surface area contributed by atoms with Crippen LogP contribution in [0.5, 0.6) is 0 Å². The third kappa shape index (κ3) is 3.93. The lowest BCUT2D eigenvalue weighted by atomic mass is 9.96. The summed E-state index contributed by atoms with van der Waals surface area (Å²) >= 11 is 0. The number of aliphatic hydroxyl groups excluding tert-OH is 5. The largest absolute Gasteiger partial charge is 0.469 e. The van der Waals surface area contributed by atoms with E-state index in [4.69, 9.17) is 20.0 Å². The fourth-order valence-electron chi connectivity index (χ4n) is 1.47. The quantitative estimate of drug-likeness (QED) is 0.254. The molecule has 7 N–H and O–H groups in total. The van der Waals surface area contributed by atoms with Crippen LogP contribution >= 0.6 is 7.82 Å². The van der Waals surface area contributed by atoms with Gasteiger partial charge in [-0.15, -0.1) is 0 Å². The summed E-state index contributed by atoms with van der Waals surface area (Å²) in [6.07, 6.45) is -10.4. The summed E-state index contributed by atoms with van der Waals surface area (Å²) < 4.78 is 19.0. The maximum Gasteiger partial charge on any atom is 0.469 e. The van der Waals surface area contributed by atoms with Crippen molar-refractivity contribution in [3.05, 3.63) is 0 Å². The maximum atomic E-state index is 10.4. The molecule has 1 fully saturated rings. The van der Waals surface area contributed by atoms with E-state index in [1.807, 2.05) is 0 Å². The van der Waals surface area contributed by atoms with E-state index in [-0.39, 0.29) is 0 Å². The molecule has 0 amide bonds. The highest BCUT2D eigenvalue weighted by molar-refractivity contribution is 7.46. The zero-order chi connectivity index (χ0) is 14.1. The highest BCUT2D eigenvalue weighted by Gasteiger charge is 2.46. The van der Waals surface area contributed by atoms with Crippen LogP contribution in [0.25, 0.3) is 0 Å². The molecule has 18 heavy (non-hydrogen) atoms. The second-order valence-electron chi connectivity index (χ2n) is 3.82. The molecular weight excluding hydrogens is 275 g/mol. The van der Waals surface area contributed by atoms with Gasteiger partial charge >= 0.3 is 7.82 Å². The van der Waals surface area contributed by atoms with E-state index in [1.54, 1.807) is 0 Å². The average Bonchev–Trinajstić information content (AvgIpc) is 2.27. The van der Waals surface area contributed by atoms with Crippen LogP contribution in [0.1, 0.15) is 0 Å². The molecule has 10 nitrogen and oxygen atoms in total. The standard InChI is InChI=1S/C7H15O10P/c8-2(1-16-18(13,14)15)6-4(10)3(9)5(11)7(12)17-6/h2-12H,1H2,(H2,13,14,15)/t2?,3?,4?,5?,6?,7-/m0/s1. The molecule has 108 valence electrons. The molecule has 0 saturated carbocycles. The minimum Gasteiger partial charge on any atom is -0.388 e. The van der Waals surface area contributed by atoms with Crippen molar-refractivity contribution < 1.29 is 49.1 Å². The number of aliphatic hydroxyl groups is 5. The Hall–Kier alpha value is -0.130. The van der Waals surface area contributed by atoms with Gasteiger partial charge in [-0.25, -0.2) is 4.57 Å². The predicted octanol–water partition coefficient (Wildman–Crippen LogP) is -3.74. The fraction of sp³-hybridized carbons (Fsp3) is 1.00. The van der Waals surface area contributed by atoms with Gasteiger partial charge in [-0.3, -0.25) is 4.52 Å². The third-order valence-electron chi connectivity index (χ3n) is 2.42. The molecule has 1 aliphatic rings. The van der Waals surface area contributed by atoms with Gasteiger partial charge in [0.15, 0.2) is 6.29 Å². The zero-order valence-electron chi connectivity index (χ0n) is 8.97. The van der Waals surface area contributed by atoms with Gasteiger partial charge in [0.2, 0.25) is 0 Å². The fourth-order valence-corrected chi connectivity index (χ4v) is 1.82. The van der Waals surface area contributed by atoms with Crippen LogP contribution < -0.4 is 0 Å². The van der Waals surface area contributed by atoms with Crippen molar-refractivity contribution in [2.75, 3.05) is 6.61 Å². The van der Waals surface area contributed by atoms with E-state index < -0.39 is 51.2 Å². The summed E-state index contributed by atoms with van der Waals surface area (Å²) in [4.78, 5) is 16.8. The Morgan fingerprint density at radius 2 is 1.67 bits per heavy atom. The maximum absolute atomic E-state index is 10.4. The predicted molar refractivity (Wildman–Crippen MR) is 52.9 cm³/mol. The van der Waals surface area contributed by atoms with Gasteiger partial charge in [0.1, 0.15) is 30.5 Å². The molecule has 1 rings (SSSR count). The van der Waals surface area contributed by atoms with Crippen molar-refractivity contribution in [3.8, 4) is 0 Å². The van der Waals surface area contributed by atoms with E-state index in [1.165, 1.54) is 0 Å². The first-order chi connectivity index (χ1) is 8.13. The van der Waals surface area contributed by atoms with Gasteiger partial charge in [-0.2, -0.15) is 0 Å². The Morgan fingerprint density at radius 1 is 1.11 bits per heavy atom. The summed E-state index contributed by atoms with van der Waals surface area (Å²) in [7, 11) is -4.80. The topological polar surface area (TPSA) is 177 Å². The molecule has 1 aliphatic heterocycles. The van der Waals surface area contributed by atoms with Crippen LogP contribution in [0.2, 0.25) is 0 Å². The van der Waals surface area contributed by atoms with E-state index in [2.05, 4.69) is 9.26 Å². The molecule has 6 atom stereocenters. The number of hydrogen-bond acceptors (Lipinski definition) is 8. The molecule has 0 aromatic carbocycles. The monoisotopic (exact) mass is 290 g/mol. The van der Waals surface area contributed by atoms with Crippen molar-refractivity contribution in [3.63, 3.8) is 0 Å². The van der Waals surface area contributed by atoms with Crippen molar-refractivity contribution in [2.24, 2.45) is 0 Å². The Labute approximate surface area is 101 Å². The molecule has 0 aromatic rings. The first-order valence-corrected chi connectivity index (χ1v) is 6.42. The summed E-state index contributed by atoms with van der Waals surface area (Å²) in [5, 5.41) is 46.6. The molecule has 11 heteroatoms. The highest BCUT2D eigenvalue weighted by atomic mass is 31.2. The normalized spacial score (nSPS) is 39.6. The highest BCUT2D eigenvalue weighted by Crippen LogP contribution is 2.36. The number of phosphoric ester groups is 1. The van der Waals surface area contributed by atoms with E-state index in [0.717, 1.165) is 0 Å². The van der Waals surface area contributed by atoms with Crippen molar-refractivity contribution in [1.82, 2.24) is 0 Å². The molecule has 0 bridgehead atoms. The second kappa shape index (κ2) is 5.88. The van der Waals surface area contributed by atoms with Crippen LogP contribution in [-0.4, -0.2) is 78.7 Å².